The van der Waals surface area contributed by atoms with Crippen molar-refractivity contribution in [3.05, 3.63) is 87.9 Å². The quantitative estimate of drug-likeness (QED) is 0.364. The number of H-pyrrole nitrogens is 1. The van der Waals surface area contributed by atoms with E-state index in [9.17, 15) is 4.79 Å². The summed E-state index contributed by atoms with van der Waals surface area (Å²) in [6.45, 7) is 1.45. The number of aromatic amines is 1. The molecule has 0 radical (unpaired) electrons. The van der Waals surface area contributed by atoms with E-state index in [-0.39, 0.29) is 11.6 Å². The zero-order chi connectivity index (χ0) is 25.4. The lowest BCUT2D eigenvalue weighted by atomic mass is 10.0. The normalized spacial score (nSPS) is 20.7. The monoisotopic (exact) mass is 524 g/mol. The highest BCUT2D eigenvalue weighted by Crippen LogP contribution is 2.60. The predicted molar refractivity (Wildman–Crippen MR) is 141 cm³/mol. The van der Waals surface area contributed by atoms with Crippen molar-refractivity contribution >= 4 is 17.3 Å². The predicted octanol–water partition coefficient (Wildman–Crippen LogP) is 4.05. The number of nitrogens with zero attached hydrogens (tertiary/aromatic N) is 6. The number of benzene rings is 2. The maximum Gasteiger partial charge on any atom is 0.252 e. The highest BCUT2D eigenvalue weighted by molar-refractivity contribution is 6.31. The molecule has 1 fully saturated rings. The first-order valence-electron chi connectivity index (χ1n) is 12.5. The molecular weight excluding hydrogens is 504 g/mol. The van der Waals surface area contributed by atoms with Crippen molar-refractivity contribution in [2.45, 2.75) is 18.4 Å². The molecule has 188 valence electrons. The summed E-state index contributed by atoms with van der Waals surface area (Å²) in [7, 11) is 0. The second-order valence-corrected chi connectivity index (χ2v) is 10.3. The van der Waals surface area contributed by atoms with Gasteiger partial charge in [-0.3, -0.25) is 4.79 Å². The zero-order valence-electron chi connectivity index (χ0n) is 20.0. The van der Waals surface area contributed by atoms with Crippen molar-refractivity contribution in [2.24, 2.45) is 5.92 Å². The molecular formula is C27H21ClN8O2. The Hall–Kier alpha value is -4.44. The van der Waals surface area contributed by atoms with Crippen LogP contribution < -0.4 is 15.6 Å². The first kappa shape index (κ1) is 21.6. The minimum Gasteiger partial charge on any atom is -0.490 e. The van der Waals surface area contributed by atoms with Crippen molar-refractivity contribution in [3.63, 3.8) is 0 Å². The van der Waals surface area contributed by atoms with E-state index in [4.69, 9.17) is 21.3 Å². The fourth-order valence-electron chi connectivity index (χ4n) is 5.91. The van der Waals surface area contributed by atoms with Gasteiger partial charge in [0.1, 0.15) is 24.5 Å². The molecule has 0 unspecified atom stereocenters. The summed E-state index contributed by atoms with van der Waals surface area (Å²) in [5.41, 5.74) is 6.20. The Balaban J connectivity index is 1.18. The third kappa shape index (κ3) is 3.30. The fourth-order valence-corrected chi connectivity index (χ4v) is 6.08. The molecule has 38 heavy (non-hydrogen) atoms. The van der Waals surface area contributed by atoms with Crippen LogP contribution in [0.1, 0.15) is 29.9 Å². The van der Waals surface area contributed by atoms with Crippen LogP contribution in [0.3, 0.4) is 0 Å². The topological polar surface area (TPSA) is 116 Å². The Morgan fingerprint density at radius 2 is 2.03 bits per heavy atom. The summed E-state index contributed by atoms with van der Waals surface area (Å²) < 4.78 is 9.27. The van der Waals surface area contributed by atoms with E-state index in [0.29, 0.717) is 23.5 Å². The standard InChI is InChI=1S/C27H21ClN8O2/c28-16-2-4-22(35-13-31-33-34-35)17(10-16)15-7-23-18-11-19(18)26(36(23)25(37)9-15)27-30-12-21(32-27)14-1-3-20-24(8-14)38-6-5-29-20/h1-4,7-10,12-13,18-19,26,29H,5-6,11H2,(H,30,32)/t18-,19+,26+/m1/s1. The summed E-state index contributed by atoms with van der Waals surface area (Å²) >= 11 is 6.35. The SMILES string of the molecule is O=c1cc(-c2cc(Cl)ccc2-n2cnnn2)cc2n1[C@H](c1ncc(-c3ccc4c(c3)OCCN4)[nH]1)[C@H]1C[C@@H]21. The molecule has 2 aromatic carbocycles. The van der Waals surface area contributed by atoms with Gasteiger partial charge in [-0.1, -0.05) is 17.7 Å². The van der Waals surface area contributed by atoms with Crippen LogP contribution in [-0.2, 0) is 0 Å². The van der Waals surface area contributed by atoms with Gasteiger partial charge in [0.05, 0.1) is 29.3 Å². The van der Waals surface area contributed by atoms with E-state index < -0.39 is 0 Å². The first-order valence-corrected chi connectivity index (χ1v) is 12.9. The van der Waals surface area contributed by atoms with Gasteiger partial charge < -0.3 is 19.6 Å². The van der Waals surface area contributed by atoms with Crippen molar-refractivity contribution in [1.29, 1.82) is 0 Å². The van der Waals surface area contributed by atoms with Crippen molar-refractivity contribution in [1.82, 2.24) is 34.7 Å². The molecule has 2 N–H and O–H groups in total. The summed E-state index contributed by atoms with van der Waals surface area (Å²) in [4.78, 5) is 21.8. The van der Waals surface area contributed by atoms with Crippen LogP contribution in [0.5, 0.6) is 5.75 Å². The van der Waals surface area contributed by atoms with E-state index in [1.165, 1.54) is 6.33 Å². The molecule has 8 rings (SSSR count). The average Bonchev–Trinajstić information content (AvgIpc) is 3.29. The van der Waals surface area contributed by atoms with E-state index in [0.717, 1.165) is 64.0 Å². The Morgan fingerprint density at radius 3 is 2.92 bits per heavy atom. The highest BCUT2D eigenvalue weighted by atomic mass is 35.5. The smallest absolute Gasteiger partial charge is 0.252 e. The van der Waals surface area contributed by atoms with Crippen LogP contribution >= 0.6 is 11.6 Å². The molecule has 1 saturated carbocycles. The minimum absolute atomic E-state index is 0.0662. The van der Waals surface area contributed by atoms with Crippen molar-refractivity contribution in [2.75, 3.05) is 18.5 Å². The maximum atomic E-state index is 13.6. The molecule has 5 heterocycles. The zero-order valence-corrected chi connectivity index (χ0v) is 20.8. The van der Waals surface area contributed by atoms with E-state index >= 15 is 0 Å². The number of tetrazole rings is 1. The lowest BCUT2D eigenvalue weighted by Crippen LogP contribution is -2.26. The van der Waals surface area contributed by atoms with E-state index in [1.807, 2.05) is 41.1 Å². The van der Waals surface area contributed by atoms with Crippen LogP contribution in [0.4, 0.5) is 5.69 Å². The number of halogens is 1. The summed E-state index contributed by atoms with van der Waals surface area (Å²) in [5.74, 6) is 2.30. The molecule has 3 aliphatic rings. The second-order valence-electron chi connectivity index (χ2n) is 9.91. The molecule has 2 aliphatic heterocycles. The lowest BCUT2D eigenvalue weighted by Gasteiger charge is -2.19. The van der Waals surface area contributed by atoms with E-state index in [1.54, 1.807) is 16.8 Å². The number of aromatic nitrogens is 7. The van der Waals surface area contributed by atoms with Gasteiger partial charge >= 0.3 is 0 Å². The Bertz CT molecular complexity index is 1780. The number of imidazole rings is 1. The minimum atomic E-state index is -0.126. The van der Waals surface area contributed by atoms with Gasteiger partial charge in [0.2, 0.25) is 0 Å². The molecule has 0 bridgehead atoms. The van der Waals surface area contributed by atoms with Gasteiger partial charge in [0.15, 0.2) is 0 Å². The molecule has 5 aromatic rings. The number of rotatable bonds is 4. The number of anilines is 1. The molecule has 10 nitrogen and oxygen atoms in total. The van der Waals surface area contributed by atoms with Crippen LogP contribution in [0.25, 0.3) is 28.1 Å². The van der Waals surface area contributed by atoms with Crippen molar-refractivity contribution in [3.8, 4) is 33.8 Å². The van der Waals surface area contributed by atoms with Gasteiger partial charge in [-0.05, 0) is 64.7 Å². The molecule has 0 amide bonds. The molecule has 3 atom stereocenters. The first-order chi connectivity index (χ1) is 18.6. The van der Waals surface area contributed by atoms with Gasteiger partial charge in [-0.25, -0.2) is 4.98 Å². The maximum absolute atomic E-state index is 13.6. The molecule has 11 heteroatoms. The molecule has 0 saturated heterocycles. The van der Waals surface area contributed by atoms with Gasteiger partial charge in [0, 0.05) is 40.4 Å². The summed E-state index contributed by atoms with van der Waals surface area (Å²) in [5, 5.41) is 15.4. The summed E-state index contributed by atoms with van der Waals surface area (Å²) in [6.07, 6.45) is 4.39. The second kappa shape index (κ2) is 8.03. The third-order valence-electron chi connectivity index (χ3n) is 7.71. The fraction of sp³-hybridized carbons (Fsp3) is 0.222. The van der Waals surface area contributed by atoms with Gasteiger partial charge in [-0.15, -0.1) is 5.10 Å². The lowest BCUT2D eigenvalue weighted by molar-refractivity contribution is 0.323. The number of pyridine rings is 1. The van der Waals surface area contributed by atoms with Crippen LogP contribution in [-0.4, -0.2) is 47.9 Å². The number of nitrogens with one attached hydrogen (secondary N) is 2. The number of ether oxygens (including phenoxy) is 1. The van der Waals surface area contributed by atoms with Crippen LogP contribution in [0.15, 0.2) is 65.8 Å². The van der Waals surface area contributed by atoms with Gasteiger partial charge in [0.25, 0.3) is 5.56 Å². The molecule has 1 aliphatic carbocycles. The average molecular weight is 525 g/mol. The largest absolute Gasteiger partial charge is 0.490 e. The molecule has 0 spiro atoms. The third-order valence-corrected chi connectivity index (χ3v) is 7.95. The Labute approximate surface area is 221 Å². The Kier molecular flexibility index (Phi) is 4.57. The highest BCUT2D eigenvalue weighted by Gasteiger charge is 2.54. The number of fused-ring (bicyclic) bond motifs is 4. The van der Waals surface area contributed by atoms with Crippen LogP contribution in [0, 0.1) is 5.92 Å². The van der Waals surface area contributed by atoms with Crippen LogP contribution in [0.2, 0.25) is 5.02 Å². The Morgan fingerprint density at radius 1 is 1.08 bits per heavy atom. The van der Waals surface area contributed by atoms with E-state index in [2.05, 4.69) is 31.9 Å². The van der Waals surface area contributed by atoms with Crippen molar-refractivity contribution < 1.29 is 4.74 Å². The van der Waals surface area contributed by atoms with Gasteiger partial charge in [-0.2, -0.15) is 4.68 Å². The molecule has 3 aromatic heterocycles. The number of hydrogen-bond acceptors (Lipinski definition) is 7. The number of hydrogen-bond donors (Lipinski definition) is 2. The summed E-state index contributed by atoms with van der Waals surface area (Å²) in [6, 6.07) is 15.2.